The molecular formula is C14H21ClF2N2. The van der Waals surface area contributed by atoms with Crippen molar-refractivity contribution in [2.45, 2.75) is 19.4 Å². The molecule has 0 unspecified atom stereocenters. The number of nitrogens with one attached hydrogen (secondary N) is 1. The Morgan fingerprint density at radius 3 is 2.58 bits per heavy atom. The van der Waals surface area contributed by atoms with Crippen molar-refractivity contribution in [2.24, 2.45) is 0 Å². The summed E-state index contributed by atoms with van der Waals surface area (Å²) >= 11 is 0. The predicted molar refractivity (Wildman–Crippen MR) is 76.2 cm³/mol. The molecule has 19 heavy (non-hydrogen) atoms. The van der Waals surface area contributed by atoms with Crippen molar-refractivity contribution in [3.05, 3.63) is 35.1 Å². The second kappa shape index (κ2) is 7.78. The van der Waals surface area contributed by atoms with Gasteiger partial charge in [-0.25, -0.2) is 4.39 Å². The zero-order valence-electron chi connectivity index (χ0n) is 11.2. The van der Waals surface area contributed by atoms with E-state index in [4.69, 9.17) is 0 Å². The van der Waals surface area contributed by atoms with Gasteiger partial charge >= 0.3 is 0 Å². The maximum absolute atomic E-state index is 14.0. The SMILES string of the molecule is Cc1ccc([C@@H](CCF)N2CCNCC2)c(F)c1.Cl. The molecule has 0 spiro atoms. The number of hydrogen-bond acceptors (Lipinski definition) is 2. The van der Waals surface area contributed by atoms with E-state index in [0.29, 0.717) is 12.0 Å². The monoisotopic (exact) mass is 290 g/mol. The first-order valence-corrected chi connectivity index (χ1v) is 6.49. The lowest BCUT2D eigenvalue weighted by molar-refractivity contribution is 0.154. The van der Waals surface area contributed by atoms with Crippen LogP contribution >= 0.6 is 12.4 Å². The van der Waals surface area contributed by atoms with E-state index in [9.17, 15) is 8.78 Å². The molecule has 2 nitrogen and oxygen atoms in total. The first-order valence-electron chi connectivity index (χ1n) is 6.49. The van der Waals surface area contributed by atoms with Gasteiger partial charge in [-0.2, -0.15) is 0 Å². The van der Waals surface area contributed by atoms with Crippen molar-refractivity contribution in [3.8, 4) is 0 Å². The van der Waals surface area contributed by atoms with Gasteiger partial charge < -0.3 is 5.32 Å². The average Bonchev–Trinajstić information content (AvgIpc) is 2.38. The number of aryl methyl sites for hydroxylation is 1. The number of piperazine rings is 1. The summed E-state index contributed by atoms with van der Waals surface area (Å²) < 4.78 is 26.7. The Balaban J connectivity index is 0.00000180. The predicted octanol–water partition coefficient (Wildman–Crippen LogP) is 2.86. The first kappa shape index (κ1) is 16.3. The number of nitrogens with zero attached hydrogens (tertiary/aromatic N) is 1. The van der Waals surface area contributed by atoms with Crippen LogP contribution in [-0.4, -0.2) is 37.8 Å². The summed E-state index contributed by atoms with van der Waals surface area (Å²) in [6.45, 7) is 4.91. The third kappa shape index (κ3) is 4.13. The molecule has 1 aliphatic rings. The van der Waals surface area contributed by atoms with Crippen LogP contribution in [0, 0.1) is 12.7 Å². The molecule has 1 heterocycles. The number of benzene rings is 1. The van der Waals surface area contributed by atoms with Gasteiger partial charge in [0.2, 0.25) is 0 Å². The number of rotatable bonds is 4. The molecule has 0 aliphatic carbocycles. The standard InChI is InChI=1S/C14H20F2N2.ClH/c1-11-2-3-12(13(16)10-11)14(4-5-15)18-8-6-17-7-9-18;/h2-3,10,14,17H,4-9H2,1H3;1H/t14-;/m1./s1. The summed E-state index contributed by atoms with van der Waals surface area (Å²) in [5.41, 5.74) is 1.52. The maximum atomic E-state index is 14.0. The third-order valence-corrected chi connectivity index (χ3v) is 3.49. The van der Waals surface area contributed by atoms with Gasteiger partial charge in [-0.3, -0.25) is 9.29 Å². The average molecular weight is 291 g/mol. The Bertz CT molecular complexity index is 395. The van der Waals surface area contributed by atoms with Crippen LogP contribution in [0.1, 0.15) is 23.6 Å². The van der Waals surface area contributed by atoms with E-state index < -0.39 is 6.67 Å². The quantitative estimate of drug-likeness (QED) is 0.917. The van der Waals surface area contributed by atoms with Gasteiger partial charge in [0.15, 0.2) is 0 Å². The number of halogens is 3. The fraction of sp³-hybridized carbons (Fsp3) is 0.571. The lowest BCUT2D eigenvalue weighted by Gasteiger charge is -2.35. The molecule has 1 aliphatic heterocycles. The van der Waals surface area contributed by atoms with Crippen molar-refractivity contribution in [3.63, 3.8) is 0 Å². The van der Waals surface area contributed by atoms with E-state index in [1.165, 1.54) is 6.07 Å². The summed E-state index contributed by atoms with van der Waals surface area (Å²) in [7, 11) is 0. The molecule has 0 bridgehead atoms. The zero-order chi connectivity index (χ0) is 13.0. The van der Waals surface area contributed by atoms with Gasteiger partial charge in [-0.15, -0.1) is 12.4 Å². The minimum atomic E-state index is -0.415. The molecule has 2 rings (SSSR count). The van der Waals surface area contributed by atoms with Gasteiger partial charge in [0.25, 0.3) is 0 Å². The van der Waals surface area contributed by atoms with Crippen molar-refractivity contribution in [2.75, 3.05) is 32.9 Å². The minimum absolute atomic E-state index is 0. The maximum Gasteiger partial charge on any atom is 0.128 e. The Kier molecular flexibility index (Phi) is 6.69. The minimum Gasteiger partial charge on any atom is -0.314 e. The Hall–Kier alpha value is -0.710. The van der Waals surface area contributed by atoms with Gasteiger partial charge in [0, 0.05) is 37.8 Å². The van der Waals surface area contributed by atoms with Crippen LogP contribution in [0.5, 0.6) is 0 Å². The van der Waals surface area contributed by atoms with Gasteiger partial charge in [0.05, 0.1) is 6.67 Å². The molecule has 0 aromatic heterocycles. The van der Waals surface area contributed by atoms with Gasteiger partial charge in [0.1, 0.15) is 5.82 Å². The molecule has 1 aromatic rings. The van der Waals surface area contributed by atoms with Crippen molar-refractivity contribution < 1.29 is 8.78 Å². The highest BCUT2D eigenvalue weighted by molar-refractivity contribution is 5.85. The molecule has 0 amide bonds. The summed E-state index contributed by atoms with van der Waals surface area (Å²) in [5.74, 6) is -0.216. The summed E-state index contributed by atoms with van der Waals surface area (Å²) in [4.78, 5) is 2.17. The number of hydrogen-bond donors (Lipinski definition) is 1. The summed E-state index contributed by atoms with van der Waals surface area (Å²) in [5, 5.41) is 3.26. The highest BCUT2D eigenvalue weighted by Crippen LogP contribution is 2.27. The fourth-order valence-electron chi connectivity index (χ4n) is 2.53. The molecule has 1 atom stereocenters. The molecule has 1 saturated heterocycles. The molecule has 5 heteroatoms. The van der Waals surface area contributed by atoms with E-state index in [-0.39, 0.29) is 24.3 Å². The van der Waals surface area contributed by atoms with E-state index in [1.807, 2.05) is 13.0 Å². The molecule has 108 valence electrons. The topological polar surface area (TPSA) is 15.3 Å². The largest absolute Gasteiger partial charge is 0.314 e. The van der Waals surface area contributed by atoms with E-state index in [2.05, 4.69) is 10.2 Å². The Labute approximate surface area is 119 Å². The first-order chi connectivity index (χ1) is 8.72. The normalized spacial score (nSPS) is 17.8. The second-order valence-electron chi connectivity index (χ2n) is 4.80. The molecule has 0 radical (unpaired) electrons. The zero-order valence-corrected chi connectivity index (χ0v) is 12.0. The van der Waals surface area contributed by atoms with Crippen LogP contribution in [0.15, 0.2) is 18.2 Å². The van der Waals surface area contributed by atoms with Gasteiger partial charge in [-0.1, -0.05) is 12.1 Å². The lowest BCUT2D eigenvalue weighted by atomic mass is 9.99. The van der Waals surface area contributed by atoms with Crippen LogP contribution < -0.4 is 5.32 Å². The van der Waals surface area contributed by atoms with Crippen LogP contribution in [0.3, 0.4) is 0 Å². The Morgan fingerprint density at radius 2 is 2.00 bits per heavy atom. The van der Waals surface area contributed by atoms with Crippen LogP contribution in [-0.2, 0) is 0 Å². The van der Waals surface area contributed by atoms with Crippen LogP contribution in [0.2, 0.25) is 0 Å². The molecule has 1 fully saturated rings. The van der Waals surface area contributed by atoms with E-state index in [1.54, 1.807) is 6.07 Å². The van der Waals surface area contributed by atoms with Crippen LogP contribution in [0.4, 0.5) is 8.78 Å². The lowest BCUT2D eigenvalue weighted by Crippen LogP contribution is -2.45. The van der Waals surface area contributed by atoms with Crippen molar-refractivity contribution in [1.29, 1.82) is 0 Å². The van der Waals surface area contributed by atoms with Crippen molar-refractivity contribution in [1.82, 2.24) is 10.2 Å². The highest BCUT2D eigenvalue weighted by atomic mass is 35.5. The molecule has 0 saturated carbocycles. The smallest absolute Gasteiger partial charge is 0.128 e. The highest BCUT2D eigenvalue weighted by Gasteiger charge is 2.24. The second-order valence-corrected chi connectivity index (χ2v) is 4.80. The van der Waals surface area contributed by atoms with E-state index >= 15 is 0 Å². The van der Waals surface area contributed by atoms with Gasteiger partial charge in [-0.05, 0) is 25.0 Å². The third-order valence-electron chi connectivity index (χ3n) is 3.49. The summed E-state index contributed by atoms with van der Waals surface area (Å²) in [6, 6.07) is 5.08. The molecule has 1 N–H and O–H groups in total. The number of alkyl halides is 1. The van der Waals surface area contributed by atoms with E-state index in [0.717, 1.165) is 31.7 Å². The van der Waals surface area contributed by atoms with Crippen LogP contribution in [0.25, 0.3) is 0 Å². The molecule has 1 aromatic carbocycles. The summed E-state index contributed by atoms with van der Waals surface area (Å²) in [6.07, 6.45) is 0.361. The Morgan fingerprint density at radius 1 is 1.32 bits per heavy atom. The fourth-order valence-corrected chi connectivity index (χ4v) is 2.53. The van der Waals surface area contributed by atoms with Crippen molar-refractivity contribution >= 4 is 12.4 Å². The molecular weight excluding hydrogens is 270 g/mol.